The lowest BCUT2D eigenvalue weighted by molar-refractivity contribution is 0.230. The molecule has 18 heavy (non-hydrogen) atoms. The molecule has 0 amide bonds. The minimum Gasteiger partial charge on any atom is -0.392 e. The molecule has 0 aromatic carbocycles. The first-order valence-corrected chi connectivity index (χ1v) is 6.71. The number of aromatic nitrogens is 1. The van der Waals surface area contributed by atoms with E-state index in [0.717, 1.165) is 43.3 Å². The predicted molar refractivity (Wildman–Crippen MR) is 73.7 cm³/mol. The van der Waals surface area contributed by atoms with Crippen LogP contribution in [0, 0.1) is 5.92 Å². The molecule has 0 atom stereocenters. The van der Waals surface area contributed by atoms with Crippen LogP contribution in [0.4, 0.5) is 5.69 Å². The van der Waals surface area contributed by atoms with Gasteiger partial charge in [-0.15, -0.1) is 0 Å². The summed E-state index contributed by atoms with van der Waals surface area (Å²) in [4.78, 5) is 8.93. The smallest absolute Gasteiger partial charge is 0.0717 e. The number of piperazine rings is 1. The van der Waals surface area contributed by atoms with Crippen molar-refractivity contribution in [2.24, 2.45) is 5.92 Å². The Hall–Kier alpha value is -1.13. The van der Waals surface area contributed by atoms with E-state index in [9.17, 15) is 5.11 Å². The van der Waals surface area contributed by atoms with Crippen LogP contribution < -0.4 is 4.90 Å². The van der Waals surface area contributed by atoms with Crippen molar-refractivity contribution >= 4 is 5.69 Å². The topological polar surface area (TPSA) is 39.6 Å². The number of hydrogen-bond donors (Lipinski definition) is 1. The summed E-state index contributed by atoms with van der Waals surface area (Å²) in [7, 11) is 0. The van der Waals surface area contributed by atoms with E-state index in [0.29, 0.717) is 0 Å². The number of pyridine rings is 1. The lowest BCUT2D eigenvalue weighted by atomic mass is 10.1. The van der Waals surface area contributed by atoms with Crippen LogP contribution in [-0.4, -0.2) is 47.7 Å². The highest BCUT2D eigenvalue weighted by molar-refractivity contribution is 5.52. The summed E-state index contributed by atoms with van der Waals surface area (Å²) < 4.78 is 0. The number of aliphatic hydroxyl groups is 1. The lowest BCUT2D eigenvalue weighted by Crippen LogP contribution is -2.47. The first kappa shape index (κ1) is 13.3. The van der Waals surface area contributed by atoms with Crippen molar-refractivity contribution in [3.8, 4) is 0 Å². The van der Waals surface area contributed by atoms with E-state index < -0.39 is 0 Å². The normalized spacial score (nSPS) is 17.4. The van der Waals surface area contributed by atoms with Crippen LogP contribution in [0.1, 0.15) is 19.4 Å². The van der Waals surface area contributed by atoms with E-state index in [1.807, 2.05) is 6.07 Å². The molecule has 1 aromatic heterocycles. The van der Waals surface area contributed by atoms with Gasteiger partial charge in [-0.1, -0.05) is 13.8 Å². The van der Waals surface area contributed by atoms with Crippen molar-refractivity contribution in [2.45, 2.75) is 20.5 Å². The molecule has 4 nitrogen and oxygen atoms in total. The van der Waals surface area contributed by atoms with Gasteiger partial charge in [0.05, 0.1) is 6.61 Å². The van der Waals surface area contributed by atoms with Gasteiger partial charge in [0.15, 0.2) is 0 Å². The van der Waals surface area contributed by atoms with Gasteiger partial charge in [-0.25, -0.2) is 0 Å². The van der Waals surface area contributed by atoms with E-state index in [1.54, 1.807) is 12.4 Å². The average Bonchev–Trinajstić information content (AvgIpc) is 2.39. The minimum atomic E-state index is 0.0649. The van der Waals surface area contributed by atoms with Gasteiger partial charge >= 0.3 is 0 Å². The molecule has 1 aliphatic heterocycles. The molecule has 1 saturated heterocycles. The molecule has 1 aliphatic rings. The van der Waals surface area contributed by atoms with E-state index in [-0.39, 0.29) is 6.61 Å². The summed E-state index contributed by atoms with van der Waals surface area (Å²) in [6, 6.07) is 2.00. The van der Waals surface area contributed by atoms with E-state index in [2.05, 4.69) is 28.6 Å². The Morgan fingerprint density at radius 1 is 1.28 bits per heavy atom. The Kier molecular flexibility index (Phi) is 4.55. The van der Waals surface area contributed by atoms with Crippen LogP contribution in [0.2, 0.25) is 0 Å². The van der Waals surface area contributed by atoms with Gasteiger partial charge in [0.1, 0.15) is 0 Å². The summed E-state index contributed by atoms with van der Waals surface area (Å²) in [5, 5.41) is 9.34. The Labute approximate surface area is 109 Å². The maximum absolute atomic E-state index is 9.34. The van der Waals surface area contributed by atoms with Crippen molar-refractivity contribution < 1.29 is 5.11 Å². The minimum absolute atomic E-state index is 0.0649. The van der Waals surface area contributed by atoms with Gasteiger partial charge in [-0.3, -0.25) is 9.88 Å². The molecule has 100 valence electrons. The zero-order valence-electron chi connectivity index (χ0n) is 11.3. The Morgan fingerprint density at radius 3 is 2.61 bits per heavy atom. The SMILES string of the molecule is CC(C)CN1CCN(c2ccncc2CO)CC1. The quantitative estimate of drug-likeness (QED) is 0.874. The van der Waals surface area contributed by atoms with Crippen LogP contribution >= 0.6 is 0 Å². The fourth-order valence-corrected chi connectivity index (χ4v) is 2.54. The Morgan fingerprint density at radius 2 is 2.00 bits per heavy atom. The molecule has 0 spiro atoms. The second-order valence-corrected chi connectivity index (χ2v) is 5.34. The second kappa shape index (κ2) is 6.16. The fourth-order valence-electron chi connectivity index (χ4n) is 2.54. The lowest BCUT2D eigenvalue weighted by Gasteiger charge is -2.37. The van der Waals surface area contributed by atoms with Crippen LogP contribution in [-0.2, 0) is 6.61 Å². The molecule has 0 unspecified atom stereocenters. The number of nitrogens with zero attached hydrogens (tertiary/aromatic N) is 3. The zero-order valence-corrected chi connectivity index (χ0v) is 11.3. The number of anilines is 1. The highest BCUT2D eigenvalue weighted by Gasteiger charge is 2.19. The third-order valence-electron chi connectivity index (χ3n) is 3.38. The van der Waals surface area contributed by atoms with Crippen LogP contribution in [0.5, 0.6) is 0 Å². The maximum atomic E-state index is 9.34. The van der Waals surface area contributed by atoms with Crippen molar-refractivity contribution in [3.05, 3.63) is 24.0 Å². The van der Waals surface area contributed by atoms with Gasteiger partial charge in [-0.2, -0.15) is 0 Å². The number of rotatable bonds is 4. The monoisotopic (exact) mass is 249 g/mol. The average molecular weight is 249 g/mol. The van der Waals surface area contributed by atoms with Crippen molar-refractivity contribution in [2.75, 3.05) is 37.6 Å². The van der Waals surface area contributed by atoms with Crippen molar-refractivity contribution in [1.82, 2.24) is 9.88 Å². The molecule has 2 heterocycles. The molecule has 1 aromatic rings. The summed E-state index contributed by atoms with van der Waals surface area (Å²) in [6.45, 7) is 10.0. The molecular weight excluding hydrogens is 226 g/mol. The number of hydrogen-bond acceptors (Lipinski definition) is 4. The van der Waals surface area contributed by atoms with Gasteiger partial charge < -0.3 is 10.0 Å². The Balaban J connectivity index is 1.97. The molecule has 0 saturated carbocycles. The third-order valence-corrected chi connectivity index (χ3v) is 3.38. The first-order valence-electron chi connectivity index (χ1n) is 6.71. The van der Waals surface area contributed by atoms with Gasteiger partial charge in [-0.05, 0) is 12.0 Å². The van der Waals surface area contributed by atoms with E-state index in [1.165, 1.54) is 6.54 Å². The largest absolute Gasteiger partial charge is 0.392 e. The van der Waals surface area contributed by atoms with Gasteiger partial charge in [0.2, 0.25) is 0 Å². The van der Waals surface area contributed by atoms with E-state index in [4.69, 9.17) is 0 Å². The first-order chi connectivity index (χ1) is 8.70. The third kappa shape index (κ3) is 3.21. The van der Waals surface area contributed by atoms with E-state index >= 15 is 0 Å². The molecule has 4 heteroatoms. The Bertz CT molecular complexity index is 373. The fraction of sp³-hybridized carbons (Fsp3) is 0.643. The van der Waals surface area contributed by atoms with Crippen LogP contribution in [0.25, 0.3) is 0 Å². The number of aliphatic hydroxyl groups excluding tert-OH is 1. The second-order valence-electron chi connectivity index (χ2n) is 5.34. The van der Waals surface area contributed by atoms with Crippen LogP contribution in [0.15, 0.2) is 18.5 Å². The molecular formula is C14H23N3O. The molecule has 0 radical (unpaired) electrons. The molecule has 1 fully saturated rings. The van der Waals surface area contributed by atoms with Gasteiger partial charge in [0.25, 0.3) is 0 Å². The summed E-state index contributed by atoms with van der Waals surface area (Å²) in [5.74, 6) is 0.727. The van der Waals surface area contributed by atoms with Crippen molar-refractivity contribution in [3.63, 3.8) is 0 Å². The predicted octanol–water partition coefficient (Wildman–Crippen LogP) is 1.35. The van der Waals surface area contributed by atoms with Crippen LogP contribution in [0.3, 0.4) is 0 Å². The standard InChI is InChI=1S/C14H23N3O/c1-12(2)10-16-5-7-17(8-6-16)14-3-4-15-9-13(14)11-18/h3-4,9,12,18H,5-8,10-11H2,1-2H3. The summed E-state index contributed by atoms with van der Waals surface area (Å²) >= 11 is 0. The van der Waals surface area contributed by atoms with Gasteiger partial charge in [0, 0.05) is 56.4 Å². The molecule has 0 bridgehead atoms. The maximum Gasteiger partial charge on any atom is 0.0717 e. The van der Waals surface area contributed by atoms with Crippen molar-refractivity contribution in [1.29, 1.82) is 0 Å². The molecule has 1 N–H and O–H groups in total. The summed E-state index contributed by atoms with van der Waals surface area (Å²) in [6.07, 6.45) is 3.56. The summed E-state index contributed by atoms with van der Waals surface area (Å²) in [5.41, 5.74) is 2.06. The highest BCUT2D eigenvalue weighted by Crippen LogP contribution is 2.21. The molecule has 2 rings (SSSR count). The highest BCUT2D eigenvalue weighted by atomic mass is 16.3. The zero-order chi connectivity index (χ0) is 13.0. The molecule has 0 aliphatic carbocycles.